The van der Waals surface area contributed by atoms with Crippen LogP contribution < -0.4 is 5.73 Å². The molecule has 0 atom stereocenters. The largest absolute Gasteiger partial charge is 0.397 e. The second-order valence-electron chi connectivity index (χ2n) is 4.17. The van der Waals surface area contributed by atoms with Gasteiger partial charge in [-0.3, -0.25) is 4.40 Å². The third-order valence-electron chi connectivity index (χ3n) is 2.87. The van der Waals surface area contributed by atoms with Crippen molar-refractivity contribution in [2.75, 3.05) is 5.73 Å². The molecule has 0 unspecified atom stereocenters. The van der Waals surface area contributed by atoms with Gasteiger partial charge in [-0.15, -0.1) is 10.2 Å². The number of nitrogen functional groups attached to an aromatic ring is 1. The summed E-state index contributed by atoms with van der Waals surface area (Å²) < 4.78 is 1.87. The minimum Gasteiger partial charge on any atom is -0.397 e. The van der Waals surface area contributed by atoms with E-state index in [1.807, 2.05) is 47.9 Å². The highest BCUT2D eigenvalue weighted by atomic mass is 35.5. The van der Waals surface area contributed by atoms with E-state index < -0.39 is 0 Å². The van der Waals surface area contributed by atoms with Gasteiger partial charge >= 0.3 is 0 Å². The monoisotopic (exact) mass is 258 g/mol. The lowest BCUT2D eigenvalue weighted by Crippen LogP contribution is -1.96. The number of anilines is 1. The van der Waals surface area contributed by atoms with E-state index in [1.165, 1.54) is 0 Å². The van der Waals surface area contributed by atoms with Crippen LogP contribution in [0.2, 0.25) is 5.02 Å². The Balaban J connectivity index is 2.27. The van der Waals surface area contributed by atoms with Gasteiger partial charge in [-0.25, -0.2) is 0 Å². The molecule has 0 spiro atoms. The lowest BCUT2D eigenvalue weighted by molar-refractivity contribution is 1.11. The molecule has 0 fully saturated rings. The van der Waals surface area contributed by atoms with Crippen molar-refractivity contribution in [1.82, 2.24) is 14.6 Å². The zero-order valence-electron chi connectivity index (χ0n) is 9.76. The molecule has 18 heavy (non-hydrogen) atoms. The summed E-state index contributed by atoms with van der Waals surface area (Å²) in [7, 11) is 0. The standard InChI is InChI=1S/C13H11ClN4/c1-8-5-12-16-17-13(18(12)7-11(8)15)9-3-2-4-10(14)6-9/h2-7H,15H2,1H3. The minimum atomic E-state index is 0.671. The van der Waals surface area contributed by atoms with E-state index in [-0.39, 0.29) is 0 Å². The molecule has 0 aliphatic carbocycles. The molecule has 2 N–H and O–H groups in total. The zero-order chi connectivity index (χ0) is 12.7. The third-order valence-corrected chi connectivity index (χ3v) is 3.11. The Morgan fingerprint density at radius 2 is 2.06 bits per heavy atom. The van der Waals surface area contributed by atoms with Gasteiger partial charge in [0.05, 0.1) is 5.69 Å². The van der Waals surface area contributed by atoms with Gasteiger partial charge in [0.1, 0.15) is 0 Å². The van der Waals surface area contributed by atoms with E-state index in [4.69, 9.17) is 17.3 Å². The summed E-state index contributed by atoms with van der Waals surface area (Å²) in [5.74, 6) is 0.735. The number of nitrogens with zero attached hydrogens (tertiary/aromatic N) is 3. The number of aromatic nitrogens is 3. The molecule has 4 nitrogen and oxygen atoms in total. The Morgan fingerprint density at radius 3 is 2.83 bits per heavy atom. The maximum Gasteiger partial charge on any atom is 0.168 e. The van der Waals surface area contributed by atoms with Crippen molar-refractivity contribution in [1.29, 1.82) is 0 Å². The fourth-order valence-electron chi connectivity index (χ4n) is 1.87. The lowest BCUT2D eigenvalue weighted by atomic mass is 10.2. The first-order valence-corrected chi connectivity index (χ1v) is 5.90. The summed E-state index contributed by atoms with van der Waals surface area (Å²) >= 11 is 5.99. The number of fused-ring (bicyclic) bond motifs is 1. The molecule has 0 amide bonds. The normalized spacial score (nSPS) is 11.0. The van der Waals surface area contributed by atoms with Crippen LogP contribution >= 0.6 is 11.6 Å². The molecule has 3 rings (SSSR count). The van der Waals surface area contributed by atoms with E-state index in [1.54, 1.807) is 0 Å². The third kappa shape index (κ3) is 1.71. The van der Waals surface area contributed by atoms with Crippen LogP contribution in [-0.2, 0) is 0 Å². The highest BCUT2D eigenvalue weighted by Gasteiger charge is 2.09. The van der Waals surface area contributed by atoms with Crippen LogP contribution in [0.25, 0.3) is 17.0 Å². The fourth-order valence-corrected chi connectivity index (χ4v) is 2.06. The van der Waals surface area contributed by atoms with Crippen LogP contribution in [0, 0.1) is 6.92 Å². The number of benzene rings is 1. The van der Waals surface area contributed by atoms with Crippen molar-refractivity contribution in [2.45, 2.75) is 6.92 Å². The number of pyridine rings is 1. The Kier molecular flexibility index (Phi) is 2.45. The van der Waals surface area contributed by atoms with E-state index in [0.717, 1.165) is 22.6 Å². The number of nitrogens with two attached hydrogens (primary N) is 1. The van der Waals surface area contributed by atoms with Crippen LogP contribution in [0.1, 0.15) is 5.56 Å². The van der Waals surface area contributed by atoms with Crippen molar-refractivity contribution >= 4 is 22.9 Å². The molecule has 0 saturated carbocycles. The van der Waals surface area contributed by atoms with Crippen molar-refractivity contribution in [2.24, 2.45) is 0 Å². The Morgan fingerprint density at radius 1 is 1.22 bits per heavy atom. The van der Waals surface area contributed by atoms with Crippen molar-refractivity contribution < 1.29 is 0 Å². The number of halogens is 1. The molecule has 0 aliphatic rings. The average Bonchev–Trinajstić information content (AvgIpc) is 2.73. The molecule has 0 radical (unpaired) electrons. The predicted octanol–water partition coefficient (Wildman–Crippen LogP) is 2.94. The van der Waals surface area contributed by atoms with Crippen LogP contribution in [0.15, 0.2) is 36.5 Å². The van der Waals surface area contributed by atoms with E-state index in [2.05, 4.69) is 10.2 Å². The molecule has 0 bridgehead atoms. The van der Waals surface area contributed by atoms with Gasteiger partial charge in [0, 0.05) is 16.8 Å². The molecule has 3 aromatic rings. The summed E-state index contributed by atoms with van der Waals surface area (Å²) in [5, 5.41) is 9.00. The van der Waals surface area contributed by atoms with Gasteiger partial charge in [-0.05, 0) is 30.7 Å². The Hall–Kier alpha value is -2.07. The molecule has 2 heterocycles. The lowest BCUT2D eigenvalue weighted by Gasteiger charge is -2.03. The molecule has 90 valence electrons. The second-order valence-corrected chi connectivity index (χ2v) is 4.61. The number of aryl methyl sites for hydroxylation is 1. The van der Waals surface area contributed by atoms with Crippen molar-refractivity contribution in [3.63, 3.8) is 0 Å². The quantitative estimate of drug-likeness (QED) is 0.730. The van der Waals surface area contributed by atoms with Crippen molar-refractivity contribution in [3.8, 4) is 11.4 Å². The smallest absolute Gasteiger partial charge is 0.168 e. The fraction of sp³-hybridized carbons (Fsp3) is 0.0769. The van der Waals surface area contributed by atoms with Gasteiger partial charge in [0.2, 0.25) is 0 Å². The molecule has 0 saturated heterocycles. The molecule has 0 aliphatic heterocycles. The van der Waals surface area contributed by atoms with E-state index in [0.29, 0.717) is 10.7 Å². The van der Waals surface area contributed by atoms with E-state index >= 15 is 0 Å². The average molecular weight is 259 g/mol. The molecule has 1 aromatic carbocycles. The summed E-state index contributed by atoms with van der Waals surface area (Å²) in [6, 6.07) is 9.42. The predicted molar refractivity (Wildman–Crippen MR) is 72.6 cm³/mol. The maximum atomic E-state index is 5.99. The number of hydrogen-bond acceptors (Lipinski definition) is 3. The first-order chi connectivity index (χ1) is 8.65. The van der Waals surface area contributed by atoms with Crippen LogP contribution in [0.4, 0.5) is 5.69 Å². The first kappa shape index (κ1) is 11.0. The summed E-state index contributed by atoms with van der Waals surface area (Å²) in [5.41, 5.74) is 9.32. The second kappa shape index (κ2) is 3.99. The molecular weight excluding hydrogens is 248 g/mol. The maximum absolute atomic E-state index is 5.99. The van der Waals surface area contributed by atoms with Gasteiger partial charge in [-0.1, -0.05) is 23.7 Å². The SMILES string of the molecule is Cc1cc2nnc(-c3cccc(Cl)c3)n2cc1N. The zero-order valence-corrected chi connectivity index (χ0v) is 10.5. The van der Waals surface area contributed by atoms with Gasteiger partial charge < -0.3 is 5.73 Å². The van der Waals surface area contributed by atoms with Gasteiger partial charge in [-0.2, -0.15) is 0 Å². The number of rotatable bonds is 1. The molecule has 2 aromatic heterocycles. The first-order valence-electron chi connectivity index (χ1n) is 5.52. The summed E-state index contributed by atoms with van der Waals surface area (Å²) in [6.07, 6.45) is 1.83. The van der Waals surface area contributed by atoms with Crippen molar-refractivity contribution in [3.05, 3.63) is 47.1 Å². The highest BCUT2D eigenvalue weighted by Crippen LogP contribution is 2.23. The minimum absolute atomic E-state index is 0.671. The number of hydrogen-bond donors (Lipinski definition) is 1. The van der Waals surface area contributed by atoms with Crippen LogP contribution in [0.5, 0.6) is 0 Å². The highest BCUT2D eigenvalue weighted by molar-refractivity contribution is 6.30. The topological polar surface area (TPSA) is 56.2 Å². The van der Waals surface area contributed by atoms with Gasteiger partial charge in [0.15, 0.2) is 11.5 Å². The molecule has 5 heteroatoms. The summed E-state index contributed by atoms with van der Waals surface area (Å²) in [6.45, 7) is 1.95. The summed E-state index contributed by atoms with van der Waals surface area (Å²) in [4.78, 5) is 0. The van der Waals surface area contributed by atoms with Gasteiger partial charge in [0.25, 0.3) is 0 Å². The van der Waals surface area contributed by atoms with Crippen LogP contribution in [0.3, 0.4) is 0 Å². The Labute approximate surface area is 109 Å². The molecular formula is C13H11ClN4. The Bertz CT molecular complexity index is 733. The van der Waals surface area contributed by atoms with E-state index in [9.17, 15) is 0 Å². The van der Waals surface area contributed by atoms with Crippen LogP contribution in [-0.4, -0.2) is 14.6 Å².